The van der Waals surface area contributed by atoms with Crippen molar-refractivity contribution in [1.82, 2.24) is 9.80 Å². The van der Waals surface area contributed by atoms with Crippen LogP contribution >= 0.6 is 0 Å². The summed E-state index contributed by atoms with van der Waals surface area (Å²) in [5, 5.41) is 7.91. The van der Waals surface area contributed by atoms with Gasteiger partial charge in [0.2, 0.25) is 0 Å². The van der Waals surface area contributed by atoms with Crippen LogP contribution in [0.2, 0.25) is 0 Å². The Labute approximate surface area is 155 Å². The number of fused-ring (bicyclic) bond motifs is 2. The van der Waals surface area contributed by atoms with Gasteiger partial charge in [-0.25, -0.2) is 0 Å². The summed E-state index contributed by atoms with van der Waals surface area (Å²) in [6, 6.07) is 18.1. The second-order valence-electron chi connectivity index (χ2n) is 8.59. The first kappa shape index (κ1) is 15.1. The zero-order valence-corrected chi connectivity index (χ0v) is 15.5. The molecule has 0 aliphatic carbocycles. The Balaban J connectivity index is 1.75. The van der Waals surface area contributed by atoms with Gasteiger partial charge < -0.3 is 10.6 Å². The molecular weight excluding hydrogens is 320 g/mol. The lowest BCUT2D eigenvalue weighted by atomic mass is 9.45. The third kappa shape index (κ3) is 1.47. The van der Waals surface area contributed by atoms with E-state index in [1.807, 2.05) is 0 Å². The summed E-state index contributed by atoms with van der Waals surface area (Å²) < 4.78 is 0. The quantitative estimate of drug-likeness (QED) is 0.768. The van der Waals surface area contributed by atoms with Crippen LogP contribution in [0.5, 0.6) is 0 Å². The maximum atomic E-state index is 3.95. The minimum atomic E-state index is 0.105. The van der Waals surface area contributed by atoms with E-state index in [1.54, 1.807) is 0 Å². The minimum absolute atomic E-state index is 0.105. The number of hydrogen-bond acceptors (Lipinski definition) is 4. The van der Waals surface area contributed by atoms with Gasteiger partial charge in [0, 0.05) is 35.3 Å². The fourth-order valence-electron chi connectivity index (χ4n) is 6.73. The normalized spacial score (nSPS) is 37.6. The second kappa shape index (κ2) is 4.81. The molecule has 2 aromatic rings. The van der Waals surface area contributed by atoms with E-state index < -0.39 is 0 Å². The molecule has 4 nitrogen and oxygen atoms in total. The molecule has 26 heavy (non-hydrogen) atoms. The van der Waals surface area contributed by atoms with Gasteiger partial charge >= 0.3 is 0 Å². The van der Waals surface area contributed by atoms with Crippen molar-refractivity contribution >= 4 is 11.4 Å². The minimum Gasteiger partial charge on any atom is -0.369 e. The predicted octanol–water partition coefficient (Wildman–Crippen LogP) is 3.04. The third-order valence-electron chi connectivity index (χ3n) is 7.73. The number of nitrogens with one attached hydrogen (secondary N) is 2. The van der Waals surface area contributed by atoms with Crippen molar-refractivity contribution in [3.05, 3.63) is 59.7 Å². The van der Waals surface area contributed by atoms with Gasteiger partial charge in [-0.1, -0.05) is 36.4 Å². The Kier molecular flexibility index (Phi) is 2.79. The smallest absolute Gasteiger partial charge is 0.0901 e. The Morgan fingerprint density at radius 3 is 1.62 bits per heavy atom. The van der Waals surface area contributed by atoms with E-state index in [2.05, 4.69) is 83.1 Å². The molecule has 4 bridgehead atoms. The van der Waals surface area contributed by atoms with Crippen LogP contribution in [-0.4, -0.2) is 49.3 Å². The van der Waals surface area contributed by atoms with Gasteiger partial charge in [-0.2, -0.15) is 0 Å². The number of para-hydroxylation sites is 2. The van der Waals surface area contributed by atoms with Crippen molar-refractivity contribution < 1.29 is 0 Å². The molecule has 2 N–H and O–H groups in total. The van der Waals surface area contributed by atoms with Crippen molar-refractivity contribution in [2.75, 3.05) is 37.8 Å². The van der Waals surface area contributed by atoms with Crippen LogP contribution in [0.3, 0.4) is 0 Å². The molecule has 6 rings (SSSR count). The third-order valence-corrected chi connectivity index (χ3v) is 7.73. The number of nitrogens with zero attached hydrogens (tertiary/aromatic N) is 2. The summed E-state index contributed by atoms with van der Waals surface area (Å²) >= 11 is 0. The lowest BCUT2D eigenvalue weighted by Crippen LogP contribution is -2.80. The van der Waals surface area contributed by atoms with Gasteiger partial charge in [-0.15, -0.1) is 0 Å². The molecule has 4 atom stereocenters. The summed E-state index contributed by atoms with van der Waals surface area (Å²) in [5.74, 6) is 0. The van der Waals surface area contributed by atoms with Gasteiger partial charge in [0.1, 0.15) is 0 Å². The first-order chi connectivity index (χ1) is 12.7. The number of benzene rings is 2. The van der Waals surface area contributed by atoms with Crippen LogP contribution < -0.4 is 10.6 Å². The number of likely N-dealkylation sites (tertiary alicyclic amines) is 2. The van der Waals surface area contributed by atoms with Crippen LogP contribution in [0, 0.1) is 0 Å². The Hall–Kier alpha value is -2.04. The van der Waals surface area contributed by atoms with Gasteiger partial charge in [-0.05, 0) is 50.2 Å². The van der Waals surface area contributed by atoms with Crippen molar-refractivity contribution in [3.8, 4) is 0 Å². The lowest BCUT2D eigenvalue weighted by molar-refractivity contribution is -0.0691. The van der Waals surface area contributed by atoms with Gasteiger partial charge in [0.05, 0.1) is 12.3 Å². The van der Waals surface area contributed by atoms with Crippen LogP contribution in [0.1, 0.15) is 24.0 Å². The molecule has 3 unspecified atom stereocenters. The summed E-state index contributed by atoms with van der Waals surface area (Å²) in [6.45, 7) is 2.25. The monoisotopic (exact) mass is 346 g/mol. The first-order valence-corrected chi connectivity index (χ1v) is 9.81. The van der Waals surface area contributed by atoms with Crippen LogP contribution in [-0.2, 0) is 10.8 Å². The highest BCUT2D eigenvalue weighted by molar-refractivity contribution is 5.72. The molecule has 2 saturated heterocycles. The van der Waals surface area contributed by atoms with Crippen molar-refractivity contribution in [2.45, 2.75) is 36.0 Å². The largest absolute Gasteiger partial charge is 0.369 e. The van der Waals surface area contributed by atoms with E-state index in [0.717, 1.165) is 13.1 Å². The maximum absolute atomic E-state index is 3.95. The number of hydrogen-bond donors (Lipinski definition) is 2. The van der Waals surface area contributed by atoms with E-state index in [4.69, 9.17) is 0 Å². The molecular formula is C22H26N4. The molecule has 0 radical (unpaired) electrons. The molecule has 2 aromatic carbocycles. The van der Waals surface area contributed by atoms with E-state index >= 15 is 0 Å². The van der Waals surface area contributed by atoms with E-state index in [0.29, 0.717) is 12.3 Å². The van der Waals surface area contributed by atoms with Gasteiger partial charge in [-0.3, -0.25) is 9.80 Å². The van der Waals surface area contributed by atoms with E-state index in [1.165, 1.54) is 35.3 Å². The van der Waals surface area contributed by atoms with Crippen LogP contribution in [0.4, 0.5) is 11.4 Å². The maximum Gasteiger partial charge on any atom is 0.0901 e. The van der Waals surface area contributed by atoms with E-state index in [9.17, 15) is 0 Å². The highest BCUT2D eigenvalue weighted by Gasteiger charge is 2.70. The highest BCUT2D eigenvalue weighted by Crippen LogP contribution is 2.65. The van der Waals surface area contributed by atoms with Crippen molar-refractivity contribution in [1.29, 1.82) is 0 Å². The zero-order chi connectivity index (χ0) is 17.5. The standard InChI is InChI=1S/C22H26N4/c1-25-13-11-22-16-8-4-5-9-17(16)23-19(25)21(22)12-14-26(2)20(22)24-18-10-6-3-7-15(18)21/h3-10,19-20,23-24H,11-14H2,1-2H3/t19-,20?,21?,22?/m1/s1. The number of piperidine rings is 2. The van der Waals surface area contributed by atoms with Gasteiger partial charge in [0.25, 0.3) is 0 Å². The fraction of sp³-hybridized carbons (Fsp3) is 0.455. The van der Waals surface area contributed by atoms with Gasteiger partial charge in [0.15, 0.2) is 0 Å². The molecule has 0 aromatic heterocycles. The molecule has 0 spiro atoms. The summed E-state index contributed by atoms with van der Waals surface area (Å²) in [4.78, 5) is 5.11. The Morgan fingerprint density at radius 1 is 0.731 bits per heavy atom. The SMILES string of the molecule is CN1CCC23c4ccccc4NC1C21CCN(C)[C@H]3Nc2ccccc21. The molecule has 134 valence electrons. The topological polar surface area (TPSA) is 30.5 Å². The van der Waals surface area contributed by atoms with Crippen LogP contribution in [0.25, 0.3) is 0 Å². The molecule has 4 heterocycles. The Bertz CT molecular complexity index is 822. The first-order valence-electron chi connectivity index (χ1n) is 9.81. The number of rotatable bonds is 0. The molecule has 2 fully saturated rings. The second-order valence-corrected chi connectivity index (χ2v) is 8.59. The fourth-order valence-corrected chi connectivity index (χ4v) is 6.73. The summed E-state index contributed by atoms with van der Waals surface area (Å²) in [7, 11) is 4.59. The average molecular weight is 346 g/mol. The summed E-state index contributed by atoms with van der Waals surface area (Å²) in [5.41, 5.74) is 5.86. The molecule has 4 aliphatic heterocycles. The molecule has 0 amide bonds. The summed E-state index contributed by atoms with van der Waals surface area (Å²) in [6.07, 6.45) is 3.06. The molecule has 0 saturated carbocycles. The Morgan fingerprint density at radius 2 is 1.15 bits per heavy atom. The van der Waals surface area contributed by atoms with Crippen LogP contribution in [0.15, 0.2) is 48.5 Å². The molecule has 4 heteroatoms. The highest BCUT2D eigenvalue weighted by atomic mass is 15.4. The van der Waals surface area contributed by atoms with Crippen molar-refractivity contribution in [3.63, 3.8) is 0 Å². The van der Waals surface area contributed by atoms with Crippen molar-refractivity contribution in [2.24, 2.45) is 0 Å². The number of anilines is 2. The van der Waals surface area contributed by atoms with E-state index in [-0.39, 0.29) is 10.8 Å². The average Bonchev–Trinajstić information content (AvgIpc) is 2.67. The predicted molar refractivity (Wildman–Crippen MR) is 106 cm³/mol. The zero-order valence-electron chi connectivity index (χ0n) is 15.5. The molecule has 4 aliphatic rings. The number of likely N-dealkylation sites (N-methyl/N-ethyl adjacent to an activating group) is 2. The lowest BCUT2D eigenvalue weighted by Gasteiger charge is -2.71.